The smallest absolute Gasteiger partial charge is 0.0427 e. The van der Waals surface area contributed by atoms with Crippen molar-refractivity contribution in [1.29, 1.82) is 0 Å². The zero-order valence-electron chi connectivity index (χ0n) is 5.42. The van der Waals surface area contributed by atoms with Crippen molar-refractivity contribution in [3.8, 4) is 0 Å². The monoisotopic (exact) mass is 117 g/mol. The minimum Gasteiger partial charge on any atom is -0.784 e. The third kappa shape index (κ3) is 2.96. The minimum atomic E-state index is -0.352. The maximum Gasteiger partial charge on any atom is 0.0427 e. The van der Waals surface area contributed by atoms with Crippen molar-refractivity contribution in [2.75, 3.05) is 6.54 Å². The molecule has 50 valence electrons. The molecule has 0 spiro atoms. The Labute approximate surface area is 50.0 Å². The minimum absolute atomic E-state index is 0.352. The lowest BCUT2D eigenvalue weighted by Gasteiger charge is -2.31. The van der Waals surface area contributed by atoms with Crippen molar-refractivity contribution in [2.45, 2.75) is 26.4 Å². The molecule has 0 rings (SSSR count). The molecule has 0 amide bonds. The van der Waals surface area contributed by atoms with E-state index in [1.807, 2.05) is 6.92 Å². The molecule has 3 nitrogen and oxygen atoms in total. The first-order chi connectivity index (χ1) is 3.68. The first-order valence-corrected chi connectivity index (χ1v) is 2.87. The average Bonchev–Trinajstić information content (AvgIpc) is 1.67. The van der Waals surface area contributed by atoms with Gasteiger partial charge >= 0.3 is 0 Å². The summed E-state index contributed by atoms with van der Waals surface area (Å²) < 4.78 is 0. The molecule has 0 aliphatic heterocycles. The Balaban J connectivity index is 3.17. The van der Waals surface area contributed by atoms with E-state index in [1.54, 1.807) is 6.92 Å². The topological polar surface area (TPSA) is 52.3 Å². The van der Waals surface area contributed by atoms with Crippen LogP contribution in [0, 0.1) is 5.21 Å². The van der Waals surface area contributed by atoms with E-state index in [2.05, 4.69) is 0 Å². The zero-order valence-corrected chi connectivity index (χ0v) is 5.42. The van der Waals surface area contributed by atoms with E-state index >= 15 is 0 Å². The van der Waals surface area contributed by atoms with Crippen LogP contribution in [-0.2, 0) is 0 Å². The molecular weight excluding hydrogens is 104 g/mol. The predicted octanol–water partition coefficient (Wildman–Crippen LogP) is 0.501. The van der Waals surface area contributed by atoms with E-state index in [-0.39, 0.29) is 6.17 Å². The van der Waals surface area contributed by atoms with Gasteiger partial charge in [0, 0.05) is 6.17 Å². The first-order valence-electron chi connectivity index (χ1n) is 2.87. The quantitative estimate of drug-likeness (QED) is 0.432. The van der Waals surface area contributed by atoms with Crippen LogP contribution in [0.4, 0.5) is 0 Å². The lowest BCUT2D eigenvalue weighted by Crippen LogP contribution is -2.35. The van der Waals surface area contributed by atoms with Crippen LogP contribution in [0.15, 0.2) is 0 Å². The molecule has 8 heavy (non-hydrogen) atoms. The zero-order chi connectivity index (χ0) is 6.57. The van der Waals surface area contributed by atoms with Crippen LogP contribution in [0.25, 0.3) is 0 Å². The van der Waals surface area contributed by atoms with Gasteiger partial charge in [-0.15, -0.1) is 0 Å². The van der Waals surface area contributed by atoms with E-state index in [0.29, 0.717) is 6.54 Å². The molecule has 0 radical (unpaired) electrons. The second-order valence-electron chi connectivity index (χ2n) is 1.88. The summed E-state index contributed by atoms with van der Waals surface area (Å²) in [5, 5.41) is 11.4. The van der Waals surface area contributed by atoms with Gasteiger partial charge in [0.1, 0.15) is 0 Å². The molecule has 0 aliphatic carbocycles. The van der Waals surface area contributed by atoms with Crippen LogP contribution in [0.5, 0.6) is 0 Å². The highest BCUT2D eigenvalue weighted by Gasteiger charge is 1.92. The van der Waals surface area contributed by atoms with Gasteiger partial charge < -0.3 is 16.0 Å². The SMILES string of the molecule is CCCN([O-])C(C)N. The maximum atomic E-state index is 10.5. The number of nitrogens with two attached hydrogens (primary N) is 1. The second-order valence-corrected chi connectivity index (χ2v) is 1.88. The molecule has 0 saturated heterocycles. The average molecular weight is 117 g/mol. The van der Waals surface area contributed by atoms with Gasteiger partial charge in [-0.05, 0) is 19.9 Å². The van der Waals surface area contributed by atoms with Crippen molar-refractivity contribution < 1.29 is 0 Å². The first kappa shape index (κ1) is 7.88. The highest BCUT2D eigenvalue weighted by Crippen LogP contribution is 1.89. The number of hydrogen-bond acceptors (Lipinski definition) is 3. The summed E-state index contributed by atoms with van der Waals surface area (Å²) in [4.78, 5) is 0. The number of hydroxylamine groups is 2. The van der Waals surface area contributed by atoms with Crippen LogP contribution in [0.3, 0.4) is 0 Å². The molecule has 1 atom stereocenters. The Kier molecular flexibility index (Phi) is 3.77. The van der Waals surface area contributed by atoms with Crippen LogP contribution in [-0.4, -0.2) is 17.8 Å². The summed E-state index contributed by atoms with van der Waals surface area (Å²) in [6, 6.07) is 0. The Morgan fingerprint density at radius 3 is 2.38 bits per heavy atom. The van der Waals surface area contributed by atoms with Crippen LogP contribution < -0.4 is 5.73 Å². The lowest BCUT2D eigenvalue weighted by molar-refractivity contribution is 0.301. The largest absolute Gasteiger partial charge is 0.784 e. The van der Waals surface area contributed by atoms with E-state index in [4.69, 9.17) is 5.73 Å². The van der Waals surface area contributed by atoms with Crippen molar-refractivity contribution in [3.05, 3.63) is 5.21 Å². The molecule has 0 bridgehead atoms. The van der Waals surface area contributed by atoms with Gasteiger partial charge in [-0.25, -0.2) is 0 Å². The van der Waals surface area contributed by atoms with Gasteiger partial charge in [0.15, 0.2) is 0 Å². The fourth-order valence-corrected chi connectivity index (χ4v) is 0.424. The molecule has 0 aliphatic rings. The fourth-order valence-electron chi connectivity index (χ4n) is 0.424. The Morgan fingerprint density at radius 1 is 1.75 bits per heavy atom. The van der Waals surface area contributed by atoms with Crippen molar-refractivity contribution in [2.24, 2.45) is 5.73 Å². The normalized spacial score (nSPS) is 14.6. The molecule has 0 heterocycles. The van der Waals surface area contributed by atoms with Gasteiger partial charge in [0.05, 0.1) is 0 Å². The summed E-state index contributed by atoms with van der Waals surface area (Å²) in [5.74, 6) is 0. The molecule has 0 saturated carbocycles. The van der Waals surface area contributed by atoms with E-state index in [0.717, 1.165) is 11.5 Å². The van der Waals surface area contributed by atoms with Crippen LogP contribution in [0.2, 0.25) is 0 Å². The third-order valence-corrected chi connectivity index (χ3v) is 0.898. The Bertz CT molecular complexity index is 56.4. The van der Waals surface area contributed by atoms with Gasteiger partial charge in [-0.2, -0.15) is 0 Å². The summed E-state index contributed by atoms with van der Waals surface area (Å²) in [6.45, 7) is 4.17. The number of hydrogen-bond donors (Lipinski definition) is 1. The molecule has 0 fully saturated rings. The Morgan fingerprint density at radius 2 is 2.25 bits per heavy atom. The molecule has 0 aromatic heterocycles. The van der Waals surface area contributed by atoms with Gasteiger partial charge in [-0.3, -0.25) is 0 Å². The summed E-state index contributed by atoms with van der Waals surface area (Å²) in [5.41, 5.74) is 5.24. The molecule has 1 unspecified atom stereocenters. The fraction of sp³-hybridized carbons (Fsp3) is 1.00. The van der Waals surface area contributed by atoms with Crippen molar-refractivity contribution >= 4 is 0 Å². The van der Waals surface area contributed by atoms with E-state index in [1.165, 1.54) is 0 Å². The van der Waals surface area contributed by atoms with Crippen molar-refractivity contribution in [3.63, 3.8) is 0 Å². The molecule has 0 aromatic rings. The summed E-state index contributed by atoms with van der Waals surface area (Å²) in [6.07, 6.45) is 0.514. The highest BCUT2D eigenvalue weighted by molar-refractivity contribution is 4.58. The predicted molar refractivity (Wildman–Crippen MR) is 34.0 cm³/mol. The highest BCUT2D eigenvalue weighted by atomic mass is 16.5. The Hall–Kier alpha value is -0.120. The maximum absolute atomic E-state index is 10.5. The van der Waals surface area contributed by atoms with Gasteiger partial charge in [0.2, 0.25) is 0 Å². The molecular formula is C5H13N2O-. The standard InChI is InChI=1S/C5H13N2O/c1-3-4-7(8)5(2)6/h5H,3-4,6H2,1-2H3/q-1. The second kappa shape index (κ2) is 3.83. The van der Waals surface area contributed by atoms with E-state index in [9.17, 15) is 5.21 Å². The number of nitrogens with zero attached hydrogens (tertiary/aromatic N) is 1. The number of rotatable bonds is 3. The van der Waals surface area contributed by atoms with E-state index < -0.39 is 0 Å². The van der Waals surface area contributed by atoms with Crippen molar-refractivity contribution in [1.82, 2.24) is 5.06 Å². The third-order valence-electron chi connectivity index (χ3n) is 0.898. The lowest BCUT2D eigenvalue weighted by atomic mass is 10.4. The molecule has 2 N–H and O–H groups in total. The van der Waals surface area contributed by atoms with Crippen LogP contribution >= 0.6 is 0 Å². The van der Waals surface area contributed by atoms with Gasteiger partial charge in [0.25, 0.3) is 0 Å². The molecule has 0 aromatic carbocycles. The van der Waals surface area contributed by atoms with Crippen LogP contribution in [0.1, 0.15) is 20.3 Å². The van der Waals surface area contributed by atoms with Gasteiger partial charge in [-0.1, -0.05) is 6.92 Å². The summed E-state index contributed by atoms with van der Waals surface area (Å²) >= 11 is 0. The molecule has 3 heteroatoms. The summed E-state index contributed by atoms with van der Waals surface area (Å²) in [7, 11) is 0.